The van der Waals surface area contributed by atoms with Crippen LogP contribution in [0.4, 0.5) is 0 Å². The number of hydrogen-bond acceptors (Lipinski definition) is 3. The SMILES string of the molecule is CCCC[PH](CCCC)(CCCC)CC(C)OC.Oc1ccccc1.Oc1ccccc1. The van der Waals surface area contributed by atoms with Crippen LogP contribution in [0.5, 0.6) is 11.5 Å². The van der Waals surface area contributed by atoms with Gasteiger partial charge in [-0.15, -0.1) is 0 Å². The van der Waals surface area contributed by atoms with E-state index in [1.54, 1.807) is 48.5 Å². The number of phenolic OH excluding ortho intramolecular Hbond substituents is 2. The summed E-state index contributed by atoms with van der Waals surface area (Å²) < 4.78 is 5.58. The number of hydrogen-bond donors (Lipinski definition) is 2. The van der Waals surface area contributed by atoms with E-state index < -0.39 is 7.26 Å². The van der Waals surface area contributed by atoms with Gasteiger partial charge in [-0.2, -0.15) is 0 Å². The first kappa shape index (κ1) is 30.4. The largest absolute Gasteiger partial charge is 0.508 e. The van der Waals surface area contributed by atoms with Crippen molar-refractivity contribution in [3.05, 3.63) is 60.7 Å². The van der Waals surface area contributed by atoms with Gasteiger partial charge in [-0.05, 0) is 24.3 Å². The smallest absolute Gasteiger partial charge is 0.115 e. The maximum atomic E-state index is 8.63. The topological polar surface area (TPSA) is 49.7 Å². The van der Waals surface area contributed by atoms with Crippen molar-refractivity contribution in [2.45, 2.75) is 72.3 Å². The Balaban J connectivity index is 0.000000550. The first-order valence-corrected chi connectivity index (χ1v) is 15.3. The predicted octanol–water partition coefficient (Wildman–Crippen LogP) is 7.96. The van der Waals surface area contributed by atoms with Crippen LogP contribution >= 0.6 is 7.26 Å². The van der Waals surface area contributed by atoms with Crippen LogP contribution in [0.15, 0.2) is 60.7 Å². The van der Waals surface area contributed by atoms with Crippen molar-refractivity contribution in [1.82, 2.24) is 0 Å². The predicted molar refractivity (Wildman–Crippen MR) is 145 cm³/mol. The van der Waals surface area contributed by atoms with Gasteiger partial charge in [0.05, 0.1) is 0 Å². The second-order valence-electron chi connectivity index (χ2n) is 8.73. The zero-order valence-electron chi connectivity index (χ0n) is 21.2. The molecular weight excluding hydrogens is 415 g/mol. The van der Waals surface area contributed by atoms with Gasteiger partial charge in [-0.1, -0.05) is 36.4 Å². The molecule has 184 valence electrons. The quantitative estimate of drug-likeness (QED) is 0.313. The van der Waals surface area contributed by atoms with Gasteiger partial charge in [0.1, 0.15) is 11.5 Å². The fourth-order valence-electron chi connectivity index (χ4n) is 3.89. The molecule has 0 aromatic heterocycles. The standard InChI is InChI=1S/C16H37OP.2C6H6O/c1-6-9-12-18(13-10-7-2,14-11-8-3)15-16(4)17-5;2*7-6-4-2-1-3-5-6/h16,18H,6-15H2,1-5H3;2*1-5,7H. The molecule has 0 aliphatic heterocycles. The van der Waals surface area contributed by atoms with Crippen molar-refractivity contribution in [2.24, 2.45) is 0 Å². The maximum Gasteiger partial charge on any atom is 0.115 e. The van der Waals surface area contributed by atoms with Crippen LogP contribution in [-0.4, -0.2) is 48.1 Å². The van der Waals surface area contributed by atoms with Crippen LogP contribution in [0.1, 0.15) is 66.2 Å². The normalized spacial score (nSPS) is 12.0. The number of aromatic hydroxyl groups is 2. The molecule has 2 N–H and O–H groups in total. The zero-order chi connectivity index (χ0) is 24.1. The van der Waals surface area contributed by atoms with Crippen molar-refractivity contribution in [3.8, 4) is 11.5 Å². The summed E-state index contributed by atoms with van der Waals surface area (Å²) in [6, 6.07) is 17.4. The molecule has 0 aliphatic carbocycles. The molecule has 0 saturated carbocycles. The molecule has 3 nitrogen and oxygen atoms in total. The van der Waals surface area contributed by atoms with Gasteiger partial charge in [0.25, 0.3) is 0 Å². The molecule has 0 radical (unpaired) electrons. The summed E-state index contributed by atoms with van der Waals surface area (Å²) in [5, 5.41) is 17.3. The van der Waals surface area contributed by atoms with Crippen molar-refractivity contribution >= 4 is 7.26 Å². The zero-order valence-corrected chi connectivity index (χ0v) is 22.2. The molecule has 0 aliphatic rings. The first-order chi connectivity index (χ1) is 15.4. The minimum absolute atomic E-state index is 0.322. The van der Waals surface area contributed by atoms with E-state index in [4.69, 9.17) is 14.9 Å². The van der Waals surface area contributed by atoms with Crippen molar-refractivity contribution in [1.29, 1.82) is 0 Å². The average molecular weight is 465 g/mol. The minimum atomic E-state index is -1.07. The number of rotatable bonds is 12. The monoisotopic (exact) mass is 464 g/mol. The van der Waals surface area contributed by atoms with E-state index in [0.29, 0.717) is 17.6 Å². The Labute approximate surface area is 198 Å². The van der Waals surface area contributed by atoms with Crippen LogP contribution < -0.4 is 0 Å². The molecule has 1 atom stereocenters. The Morgan fingerprint density at radius 2 is 1.03 bits per heavy atom. The Hall–Kier alpha value is -1.57. The molecule has 4 heteroatoms. The van der Waals surface area contributed by atoms with E-state index in [9.17, 15) is 0 Å². The number of phenols is 2. The van der Waals surface area contributed by atoms with Crippen LogP contribution in [0.25, 0.3) is 0 Å². The number of para-hydroxylation sites is 2. The molecule has 2 aromatic carbocycles. The van der Waals surface area contributed by atoms with Gasteiger partial charge >= 0.3 is 116 Å². The minimum Gasteiger partial charge on any atom is -0.508 e. The van der Waals surface area contributed by atoms with E-state index in [1.807, 2.05) is 19.2 Å². The summed E-state index contributed by atoms with van der Waals surface area (Å²) in [5.41, 5.74) is 0. The maximum absolute atomic E-state index is 8.63. The molecule has 0 amide bonds. The molecule has 0 spiro atoms. The van der Waals surface area contributed by atoms with Crippen molar-refractivity contribution < 1.29 is 14.9 Å². The van der Waals surface area contributed by atoms with Gasteiger partial charge in [0.2, 0.25) is 0 Å². The number of benzene rings is 2. The molecule has 32 heavy (non-hydrogen) atoms. The van der Waals surface area contributed by atoms with Crippen molar-refractivity contribution in [2.75, 3.05) is 31.8 Å². The molecule has 0 heterocycles. The van der Waals surface area contributed by atoms with Crippen LogP contribution in [0.2, 0.25) is 0 Å². The molecule has 2 aromatic rings. The molecular formula is C28H49O3P. The van der Waals surface area contributed by atoms with E-state index in [-0.39, 0.29) is 0 Å². The Kier molecular flexibility index (Phi) is 19.1. The third-order valence-corrected chi connectivity index (χ3v) is 11.5. The average Bonchev–Trinajstić information content (AvgIpc) is 2.81. The number of unbranched alkanes of at least 4 members (excludes halogenated alkanes) is 3. The summed E-state index contributed by atoms with van der Waals surface area (Å²) >= 11 is 0. The second-order valence-corrected chi connectivity index (χ2v) is 13.6. The summed E-state index contributed by atoms with van der Waals surface area (Å²) in [5.74, 6) is 0.644. The number of methoxy groups -OCH3 is 1. The first-order valence-electron chi connectivity index (χ1n) is 12.4. The van der Waals surface area contributed by atoms with Crippen LogP contribution in [0, 0.1) is 0 Å². The molecule has 0 bridgehead atoms. The number of ether oxygens (including phenoxy) is 1. The van der Waals surface area contributed by atoms with Crippen molar-refractivity contribution in [3.63, 3.8) is 0 Å². The fourth-order valence-corrected chi connectivity index (χ4v) is 9.94. The molecule has 2 rings (SSSR count). The van der Waals surface area contributed by atoms with E-state index in [1.165, 1.54) is 63.2 Å². The van der Waals surface area contributed by atoms with Crippen LogP contribution in [0.3, 0.4) is 0 Å². The third kappa shape index (κ3) is 16.1. The molecule has 0 fully saturated rings. The molecule has 1 unspecified atom stereocenters. The third-order valence-electron chi connectivity index (χ3n) is 5.82. The van der Waals surface area contributed by atoms with Crippen LogP contribution in [-0.2, 0) is 4.74 Å². The van der Waals surface area contributed by atoms with Gasteiger partial charge in [0, 0.05) is 0 Å². The fraction of sp³-hybridized carbons (Fsp3) is 0.571. The van der Waals surface area contributed by atoms with E-state index in [2.05, 4.69) is 27.7 Å². The summed E-state index contributed by atoms with van der Waals surface area (Å²) in [6.07, 6.45) is 14.9. The summed E-state index contributed by atoms with van der Waals surface area (Å²) in [4.78, 5) is 0. The summed E-state index contributed by atoms with van der Waals surface area (Å²) in [6.45, 7) is 9.27. The van der Waals surface area contributed by atoms with Gasteiger partial charge < -0.3 is 10.2 Å². The van der Waals surface area contributed by atoms with Gasteiger partial charge in [0.15, 0.2) is 0 Å². The Morgan fingerprint density at radius 1 is 0.688 bits per heavy atom. The van der Waals surface area contributed by atoms with E-state index >= 15 is 0 Å². The molecule has 0 saturated heterocycles. The Bertz CT molecular complexity index is 574. The second kappa shape index (κ2) is 20.1. The van der Waals surface area contributed by atoms with Gasteiger partial charge in [-0.25, -0.2) is 0 Å². The Morgan fingerprint density at radius 3 is 1.25 bits per heavy atom. The van der Waals surface area contributed by atoms with Gasteiger partial charge in [-0.3, -0.25) is 0 Å². The van der Waals surface area contributed by atoms with E-state index in [0.717, 1.165) is 0 Å². The summed E-state index contributed by atoms with van der Waals surface area (Å²) in [7, 11) is 0.811.